The minimum atomic E-state index is -0.853. The number of nitrogens with one attached hydrogen (secondary N) is 1. The molecule has 0 radical (unpaired) electrons. The fraction of sp³-hybridized carbons (Fsp3) is 0.500. The Morgan fingerprint density at radius 3 is 2.57 bits per heavy atom. The molecule has 0 saturated heterocycles. The Bertz CT molecular complexity index is 512. The maximum absolute atomic E-state index is 12.3. The lowest BCUT2D eigenvalue weighted by molar-refractivity contribution is -0.136. The highest BCUT2D eigenvalue weighted by Gasteiger charge is 2.22. The number of rotatable bonds is 5. The summed E-state index contributed by atoms with van der Waals surface area (Å²) >= 11 is 1.25. The topological polar surface area (TPSA) is 66.4 Å². The largest absolute Gasteiger partial charge is 0.480 e. The predicted molar refractivity (Wildman–Crippen MR) is 84.6 cm³/mol. The number of benzene rings is 1. The molecule has 0 unspecified atom stereocenters. The molecule has 1 saturated carbocycles. The Morgan fingerprint density at radius 1 is 1.24 bits per heavy atom. The van der Waals surface area contributed by atoms with Crippen molar-refractivity contribution >= 4 is 29.3 Å². The van der Waals surface area contributed by atoms with Gasteiger partial charge in [-0.2, -0.15) is 0 Å². The van der Waals surface area contributed by atoms with Crippen LogP contribution >= 0.6 is 11.8 Å². The van der Waals surface area contributed by atoms with Gasteiger partial charge in [-0.05, 0) is 31.9 Å². The number of hydrogen-bond acceptors (Lipinski definition) is 3. The number of carboxylic acids is 1. The zero-order valence-electron chi connectivity index (χ0n) is 12.2. The van der Waals surface area contributed by atoms with Crippen molar-refractivity contribution in [3.05, 3.63) is 24.3 Å². The van der Waals surface area contributed by atoms with Crippen LogP contribution in [0, 0.1) is 5.92 Å². The fourth-order valence-corrected chi connectivity index (χ4v) is 3.40. The van der Waals surface area contributed by atoms with Gasteiger partial charge in [0.15, 0.2) is 0 Å². The standard InChI is InChI=1S/C16H21NO3S/c1-11(16(19)20)21-14-10-6-5-9-13(14)17-15(18)12-7-3-2-4-8-12/h5-6,9-12H,2-4,7-8H2,1H3,(H,17,18)(H,19,20)/t11-/m1/s1. The Balaban J connectivity index is 2.05. The number of anilines is 1. The maximum atomic E-state index is 12.3. The van der Waals surface area contributed by atoms with E-state index in [0.29, 0.717) is 5.69 Å². The van der Waals surface area contributed by atoms with E-state index in [1.54, 1.807) is 6.92 Å². The van der Waals surface area contributed by atoms with Crippen molar-refractivity contribution in [2.45, 2.75) is 49.2 Å². The van der Waals surface area contributed by atoms with E-state index in [1.165, 1.54) is 18.2 Å². The molecule has 0 bridgehead atoms. The van der Waals surface area contributed by atoms with Crippen LogP contribution in [0.5, 0.6) is 0 Å². The first-order valence-corrected chi connectivity index (χ1v) is 8.25. The van der Waals surface area contributed by atoms with Gasteiger partial charge in [0.25, 0.3) is 0 Å². The predicted octanol–water partition coefficient (Wildman–Crippen LogP) is 3.77. The highest BCUT2D eigenvalue weighted by molar-refractivity contribution is 8.00. The lowest BCUT2D eigenvalue weighted by atomic mass is 9.88. The number of amides is 1. The van der Waals surface area contributed by atoms with Gasteiger partial charge < -0.3 is 10.4 Å². The fourth-order valence-electron chi connectivity index (χ4n) is 2.51. The van der Waals surface area contributed by atoms with E-state index < -0.39 is 11.2 Å². The van der Waals surface area contributed by atoms with Gasteiger partial charge in [0, 0.05) is 10.8 Å². The van der Waals surface area contributed by atoms with Crippen LogP contribution in [-0.2, 0) is 9.59 Å². The van der Waals surface area contributed by atoms with Crippen molar-refractivity contribution in [3.8, 4) is 0 Å². The third-order valence-corrected chi connectivity index (χ3v) is 4.94. The second-order valence-corrected chi connectivity index (χ2v) is 6.80. The average Bonchev–Trinajstić information content (AvgIpc) is 2.50. The number of para-hydroxylation sites is 1. The Kier molecular flexibility index (Phi) is 5.67. The lowest BCUT2D eigenvalue weighted by Gasteiger charge is -2.21. The van der Waals surface area contributed by atoms with Crippen LogP contribution in [0.25, 0.3) is 0 Å². The summed E-state index contributed by atoms with van der Waals surface area (Å²) in [7, 11) is 0. The molecule has 1 atom stereocenters. The molecular formula is C16H21NO3S. The van der Waals surface area contributed by atoms with Crippen molar-refractivity contribution in [2.75, 3.05) is 5.32 Å². The minimum Gasteiger partial charge on any atom is -0.480 e. The quantitative estimate of drug-likeness (QED) is 0.813. The summed E-state index contributed by atoms with van der Waals surface area (Å²) in [6, 6.07) is 7.39. The van der Waals surface area contributed by atoms with Gasteiger partial charge in [0.05, 0.1) is 5.69 Å². The van der Waals surface area contributed by atoms with Gasteiger partial charge in [0.2, 0.25) is 5.91 Å². The van der Waals surface area contributed by atoms with E-state index in [2.05, 4.69) is 5.32 Å². The zero-order chi connectivity index (χ0) is 15.2. The van der Waals surface area contributed by atoms with Crippen molar-refractivity contribution in [1.29, 1.82) is 0 Å². The molecular weight excluding hydrogens is 286 g/mol. The van der Waals surface area contributed by atoms with Crippen LogP contribution in [-0.4, -0.2) is 22.2 Å². The van der Waals surface area contributed by atoms with Crippen LogP contribution < -0.4 is 5.32 Å². The number of hydrogen-bond donors (Lipinski definition) is 2. The minimum absolute atomic E-state index is 0.0609. The monoisotopic (exact) mass is 307 g/mol. The van der Waals surface area contributed by atoms with Crippen LogP contribution in [0.2, 0.25) is 0 Å². The summed E-state index contributed by atoms with van der Waals surface area (Å²) in [6.07, 6.45) is 5.35. The number of carbonyl (C=O) groups excluding carboxylic acids is 1. The van der Waals surface area contributed by atoms with Crippen molar-refractivity contribution in [3.63, 3.8) is 0 Å². The normalized spacial score (nSPS) is 17.2. The lowest BCUT2D eigenvalue weighted by Crippen LogP contribution is -2.25. The summed E-state index contributed by atoms with van der Waals surface area (Å²) < 4.78 is 0. The van der Waals surface area contributed by atoms with Crippen LogP contribution in [0.4, 0.5) is 5.69 Å². The Hall–Kier alpha value is -1.49. The van der Waals surface area contributed by atoms with E-state index in [9.17, 15) is 9.59 Å². The number of aliphatic carboxylic acids is 1. The van der Waals surface area contributed by atoms with Gasteiger partial charge >= 0.3 is 5.97 Å². The van der Waals surface area contributed by atoms with Crippen molar-refractivity contribution in [2.24, 2.45) is 5.92 Å². The summed E-state index contributed by atoms with van der Waals surface area (Å²) in [6.45, 7) is 1.65. The molecule has 5 heteroatoms. The number of thioether (sulfide) groups is 1. The van der Waals surface area contributed by atoms with E-state index in [0.717, 1.165) is 30.6 Å². The number of carboxylic acid groups (broad SMARTS) is 1. The molecule has 2 N–H and O–H groups in total. The van der Waals surface area contributed by atoms with E-state index >= 15 is 0 Å². The van der Waals surface area contributed by atoms with Crippen LogP contribution in [0.3, 0.4) is 0 Å². The molecule has 0 aliphatic heterocycles. The summed E-state index contributed by atoms with van der Waals surface area (Å²) in [5, 5.41) is 11.4. The first-order chi connectivity index (χ1) is 10.1. The SMILES string of the molecule is C[C@@H](Sc1ccccc1NC(=O)C1CCCCC1)C(=O)O. The van der Waals surface area contributed by atoms with Gasteiger partial charge in [0.1, 0.15) is 5.25 Å². The van der Waals surface area contributed by atoms with Crippen molar-refractivity contribution < 1.29 is 14.7 Å². The molecule has 2 rings (SSSR count). The molecule has 21 heavy (non-hydrogen) atoms. The average molecular weight is 307 g/mol. The van der Waals surface area contributed by atoms with Crippen LogP contribution in [0.1, 0.15) is 39.0 Å². The van der Waals surface area contributed by atoms with Gasteiger partial charge in [-0.15, -0.1) is 11.8 Å². The molecule has 0 heterocycles. The first kappa shape index (κ1) is 15.9. The van der Waals surface area contributed by atoms with Crippen molar-refractivity contribution in [1.82, 2.24) is 0 Å². The van der Waals surface area contributed by atoms with Gasteiger partial charge in [-0.1, -0.05) is 31.4 Å². The molecule has 1 fully saturated rings. The molecule has 1 aromatic carbocycles. The summed E-state index contributed by atoms with van der Waals surface area (Å²) in [4.78, 5) is 24.1. The summed E-state index contributed by atoms with van der Waals surface area (Å²) in [5.74, 6) is -0.701. The molecule has 1 aromatic rings. The summed E-state index contributed by atoms with van der Waals surface area (Å²) in [5.41, 5.74) is 0.714. The zero-order valence-corrected chi connectivity index (χ0v) is 13.0. The molecule has 1 aliphatic carbocycles. The molecule has 0 aromatic heterocycles. The molecule has 0 spiro atoms. The highest BCUT2D eigenvalue weighted by Crippen LogP contribution is 2.32. The van der Waals surface area contributed by atoms with E-state index in [1.807, 2.05) is 24.3 Å². The third kappa shape index (κ3) is 4.49. The van der Waals surface area contributed by atoms with Crippen LogP contribution in [0.15, 0.2) is 29.2 Å². The first-order valence-electron chi connectivity index (χ1n) is 7.37. The second-order valence-electron chi connectivity index (χ2n) is 5.42. The second kappa shape index (κ2) is 7.50. The Labute approximate surface area is 129 Å². The van der Waals surface area contributed by atoms with Gasteiger partial charge in [-0.25, -0.2) is 0 Å². The highest BCUT2D eigenvalue weighted by atomic mass is 32.2. The number of carbonyl (C=O) groups is 2. The molecule has 1 aliphatic rings. The molecule has 114 valence electrons. The maximum Gasteiger partial charge on any atom is 0.316 e. The molecule has 4 nitrogen and oxygen atoms in total. The smallest absolute Gasteiger partial charge is 0.316 e. The molecule has 1 amide bonds. The third-order valence-electron chi connectivity index (χ3n) is 3.77. The van der Waals surface area contributed by atoms with Gasteiger partial charge in [-0.3, -0.25) is 9.59 Å². The van der Waals surface area contributed by atoms with E-state index in [4.69, 9.17) is 5.11 Å². The van der Waals surface area contributed by atoms with E-state index in [-0.39, 0.29) is 11.8 Å². The Morgan fingerprint density at radius 2 is 1.90 bits per heavy atom.